The summed E-state index contributed by atoms with van der Waals surface area (Å²) in [6, 6.07) is 0. The molecule has 1 aliphatic carbocycles. The molecule has 1 unspecified atom stereocenters. The van der Waals surface area contributed by atoms with Gasteiger partial charge in [-0.25, -0.2) is 4.39 Å². The molecule has 0 aromatic heterocycles. The Hall–Kier alpha value is -0.850. The normalized spacial score (nSPS) is 22.2. The van der Waals surface area contributed by atoms with Crippen LogP contribution in [0.25, 0.3) is 0 Å². The van der Waals surface area contributed by atoms with Crippen LogP contribution in [0.1, 0.15) is 25.7 Å². The van der Waals surface area contributed by atoms with E-state index in [2.05, 4.69) is 25.3 Å². The van der Waals surface area contributed by atoms with Crippen molar-refractivity contribution in [3.63, 3.8) is 0 Å². The van der Waals surface area contributed by atoms with Gasteiger partial charge in [-0.15, -0.1) is 0 Å². The average molecular weight is 166 g/mol. The van der Waals surface area contributed by atoms with Crippen LogP contribution in [0.15, 0.2) is 36.7 Å². The highest BCUT2D eigenvalue weighted by atomic mass is 19.1. The third kappa shape index (κ3) is 2.65. The minimum absolute atomic E-state index is 0.367. The van der Waals surface area contributed by atoms with Crippen LogP contribution in [-0.2, 0) is 0 Å². The van der Waals surface area contributed by atoms with Crippen molar-refractivity contribution in [2.24, 2.45) is 5.92 Å². The zero-order valence-corrected chi connectivity index (χ0v) is 7.35. The van der Waals surface area contributed by atoms with Crippen molar-refractivity contribution in [2.75, 3.05) is 0 Å². The molecule has 1 atom stereocenters. The number of hydrogen-bond donors (Lipinski definition) is 0. The first-order valence-electron chi connectivity index (χ1n) is 4.39. The molecule has 0 N–H and O–H groups in total. The van der Waals surface area contributed by atoms with Crippen molar-refractivity contribution < 1.29 is 4.39 Å². The summed E-state index contributed by atoms with van der Waals surface area (Å²) < 4.78 is 12.5. The quantitative estimate of drug-likeness (QED) is 0.442. The minimum Gasteiger partial charge on any atom is -0.207 e. The van der Waals surface area contributed by atoms with Gasteiger partial charge in [0.25, 0.3) is 0 Å². The lowest BCUT2D eigenvalue weighted by atomic mass is 9.90. The summed E-state index contributed by atoms with van der Waals surface area (Å²) in [5.41, 5.74) is 0.548. The van der Waals surface area contributed by atoms with Gasteiger partial charge in [-0.2, -0.15) is 0 Å². The van der Waals surface area contributed by atoms with Gasteiger partial charge >= 0.3 is 0 Å². The molecule has 66 valence electrons. The maximum atomic E-state index is 12.5. The fourth-order valence-electron chi connectivity index (χ4n) is 1.48. The van der Waals surface area contributed by atoms with Gasteiger partial charge in [0.2, 0.25) is 0 Å². The van der Waals surface area contributed by atoms with Crippen LogP contribution in [-0.4, -0.2) is 0 Å². The first-order chi connectivity index (χ1) is 5.70. The molecule has 0 radical (unpaired) electrons. The molecule has 1 aliphatic rings. The van der Waals surface area contributed by atoms with Crippen LogP contribution in [0, 0.1) is 5.92 Å². The Kier molecular flexibility index (Phi) is 3.27. The molecule has 0 aliphatic heterocycles. The second-order valence-electron chi connectivity index (χ2n) is 3.33. The predicted molar refractivity (Wildman–Crippen MR) is 50.5 cm³/mol. The van der Waals surface area contributed by atoms with E-state index in [1.54, 1.807) is 0 Å². The lowest BCUT2D eigenvalue weighted by Gasteiger charge is -2.16. The zero-order valence-electron chi connectivity index (χ0n) is 7.35. The fourth-order valence-corrected chi connectivity index (χ4v) is 1.48. The molecule has 0 aromatic rings. The molecule has 1 heteroatoms. The molecule has 0 bridgehead atoms. The first-order valence-corrected chi connectivity index (χ1v) is 4.39. The second kappa shape index (κ2) is 4.24. The van der Waals surface area contributed by atoms with Gasteiger partial charge in [0, 0.05) is 0 Å². The molecule has 0 heterocycles. The highest BCUT2D eigenvalue weighted by molar-refractivity contribution is 5.20. The van der Waals surface area contributed by atoms with E-state index >= 15 is 0 Å². The summed E-state index contributed by atoms with van der Waals surface area (Å²) in [6.07, 6.45) is 8.60. The molecule has 0 nitrogen and oxygen atoms in total. The van der Waals surface area contributed by atoms with E-state index in [1.807, 2.05) is 0 Å². The SMILES string of the molecule is C=C(F)C(=C)CC1C=CCCC1. The van der Waals surface area contributed by atoms with Crippen LogP contribution in [0.3, 0.4) is 0 Å². The van der Waals surface area contributed by atoms with Crippen molar-refractivity contribution in [2.45, 2.75) is 25.7 Å². The number of halogens is 1. The zero-order chi connectivity index (χ0) is 8.97. The Morgan fingerprint density at radius 3 is 2.75 bits per heavy atom. The number of allylic oxidation sites excluding steroid dienone is 4. The van der Waals surface area contributed by atoms with Gasteiger partial charge in [0.05, 0.1) is 0 Å². The molecule has 0 saturated carbocycles. The Morgan fingerprint density at radius 2 is 2.25 bits per heavy atom. The maximum absolute atomic E-state index is 12.5. The Labute approximate surface area is 73.5 Å². The van der Waals surface area contributed by atoms with Crippen LogP contribution in [0.5, 0.6) is 0 Å². The van der Waals surface area contributed by atoms with E-state index in [4.69, 9.17) is 0 Å². The first kappa shape index (κ1) is 9.24. The Bertz CT molecular complexity index is 213. The summed E-state index contributed by atoms with van der Waals surface area (Å²) in [5.74, 6) is 0.118. The summed E-state index contributed by atoms with van der Waals surface area (Å²) in [4.78, 5) is 0. The number of rotatable bonds is 3. The summed E-state index contributed by atoms with van der Waals surface area (Å²) in [7, 11) is 0. The molecule has 0 aromatic carbocycles. The van der Waals surface area contributed by atoms with Gasteiger partial charge in [-0.3, -0.25) is 0 Å². The standard InChI is InChI=1S/C11H15F/c1-9(10(2)12)8-11-6-4-3-5-7-11/h4,6,11H,1-3,5,7-8H2. The van der Waals surface area contributed by atoms with Crippen molar-refractivity contribution >= 4 is 0 Å². The molecule has 0 spiro atoms. The maximum Gasteiger partial charge on any atom is 0.118 e. The lowest BCUT2D eigenvalue weighted by Crippen LogP contribution is -2.01. The Morgan fingerprint density at radius 1 is 1.50 bits per heavy atom. The predicted octanol–water partition coefficient (Wildman–Crippen LogP) is 3.77. The minimum atomic E-state index is -0.367. The highest BCUT2D eigenvalue weighted by Gasteiger charge is 2.10. The molecular formula is C11H15F. The van der Waals surface area contributed by atoms with Gasteiger partial charge < -0.3 is 0 Å². The average Bonchev–Trinajstić information content (AvgIpc) is 2.06. The van der Waals surface area contributed by atoms with E-state index in [1.165, 1.54) is 12.8 Å². The smallest absolute Gasteiger partial charge is 0.118 e. The molecule has 12 heavy (non-hydrogen) atoms. The van der Waals surface area contributed by atoms with Crippen LogP contribution >= 0.6 is 0 Å². The van der Waals surface area contributed by atoms with Crippen molar-refractivity contribution in [1.29, 1.82) is 0 Å². The Balaban J connectivity index is 2.40. The van der Waals surface area contributed by atoms with Gasteiger partial charge in [-0.1, -0.05) is 25.3 Å². The summed E-state index contributed by atoms with van der Waals surface area (Å²) in [5, 5.41) is 0. The number of hydrogen-bond acceptors (Lipinski definition) is 0. The third-order valence-electron chi connectivity index (χ3n) is 2.25. The van der Waals surface area contributed by atoms with E-state index in [0.717, 1.165) is 12.8 Å². The van der Waals surface area contributed by atoms with Crippen molar-refractivity contribution in [3.05, 3.63) is 36.7 Å². The fraction of sp³-hybridized carbons (Fsp3) is 0.455. The molecule has 1 rings (SSSR count). The van der Waals surface area contributed by atoms with Crippen molar-refractivity contribution in [3.8, 4) is 0 Å². The molecule has 0 amide bonds. The van der Waals surface area contributed by atoms with E-state index in [-0.39, 0.29) is 5.83 Å². The summed E-state index contributed by atoms with van der Waals surface area (Å²) >= 11 is 0. The van der Waals surface area contributed by atoms with E-state index < -0.39 is 0 Å². The monoisotopic (exact) mass is 166 g/mol. The van der Waals surface area contributed by atoms with E-state index in [9.17, 15) is 4.39 Å². The molecule has 0 fully saturated rings. The lowest BCUT2D eigenvalue weighted by molar-refractivity contribution is 0.524. The van der Waals surface area contributed by atoms with Gasteiger partial charge in [-0.05, 0) is 37.2 Å². The highest BCUT2D eigenvalue weighted by Crippen LogP contribution is 2.25. The third-order valence-corrected chi connectivity index (χ3v) is 2.25. The van der Waals surface area contributed by atoms with Crippen LogP contribution < -0.4 is 0 Å². The van der Waals surface area contributed by atoms with Crippen LogP contribution in [0.2, 0.25) is 0 Å². The van der Waals surface area contributed by atoms with Gasteiger partial charge in [0.15, 0.2) is 0 Å². The van der Waals surface area contributed by atoms with Crippen molar-refractivity contribution in [1.82, 2.24) is 0 Å². The largest absolute Gasteiger partial charge is 0.207 e. The van der Waals surface area contributed by atoms with E-state index in [0.29, 0.717) is 11.5 Å². The molecular weight excluding hydrogens is 151 g/mol. The summed E-state index contributed by atoms with van der Waals surface area (Å²) in [6.45, 7) is 6.87. The molecule has 0 saturated heterocycles. The van der Waals surface area contributed by atoms with Gasteiger partial charge in [0.1, 0.15) is 5.83 Å². The second-order valence-corrected chi connectivity index (χ2v) is 3.33. The topological polar surface area (TPSA) is 0 Å². The van der Waals surface area contributed by atoms with Crippen LogP contribution in [0.4, 0.5) is 4.39 Å².